The number of H-pyrrole nitrogens is 1. The maximum atomic E-state index is 9.84. The minimum atomic E-state index is -0.558. The van der Waals surface area contributed by atoms with E-state index in [1.54, 1.807) is 6.20 Å². The van der Waals surface area contributed by atoms with Crippen LogP contribution in [0.3, 0.4) is 0 Å². The largest absolute Gasteiger partial charge is 0.390 e. The van der Waals surface area contributed by atoms with E-state index < -0.39 is 5.60 Å². The molecule has 3 heterocycles. The molecule has 0 aromatic carbocycles. The zero-order valence-corrected chi connectivity index (χ0v) is 14.8. The number of rotatable bonds is 5. The number of nitrogens with one attached hydrogen (secondary N) is 1. The van der Waals surface area contributed by atoms with E-state index in [0.29, 0.717) is 11.8 Å². The molecule has 25 heavy (non-hydrogen) atoms. The molecule has 1 aliphatic carbocycles. The highest BCUT2D eigenvalue weighted by molar-refractivity contribution is 5.74. The lowest BCUT2D eigenvalue weighted by atomic mass is 9.84. The third kappa shape index (κ3) is 3.31. The predicted molar refractivity (Wildman–Crippen MR) is 97.4 cm³/mol. The van der Waals surface area contributed by atoms with Gasteiger partial charge in [0.15, 0.2) is 11.3 Å². The highest BCUT2D eigenvalue weighted by Gasteiger charge is 2.23. The molecule has 0 bridgehead atoms. The van der Waals surface area contributed by atoms with E-state index >= 15 is 0 Å². The molecule has 0 saturated carbocycles. The van der Waals surface area contributed by atoms with Gasteiger partial charge in [-0.2, -0.15) is 0 Å². The van der Waals surface area contributed by atoms with Crippen LogP contribution in [0.25, 0.3) is 16.8 Å². The normalized spacial score (nSPS) is 21.4. The maximum Gasteiger partial charge on any atom is 0.179 e. The first-order valence-electron chi connectivity index (χ1n) is 9.09. The third-order valence-corrected chi connectivity index (χ3v) is 5.13. The summed E-state index contributed by atoms with van der Waals surface area (Å²) in [6, 6.07) is 2.02. The van der Waals surface area contributed by atoms with Crippen molar-refractivity contribution in [1.29, 1.82) is 0 Å². The van der Waals surface area contributed by atoms with E-state index in [1.165, 1.54) is 0 Å². The predicted octanol–water partition coefficient (Wildman–Crippen LogP) is 3.60. The summed E-state index contributed by atoms with van der Waals surface area (Å²) in [5.74, 6) is 1.89. The molecule has 2 unspecified atom stereocenters. The lowest BCUT2D eigenvalue weighted by Gasteiger charge is -2.23. The number of allylic oxidation sites excluding steroid dienone is 2. The van der Waals surface area contributed by atoms with Crippen LogP contribution < -0.4 is 0 Å². The zero-order chi connectivity index (χ0) is 17.4. The van der Waals surface area contributed by atoms with Crippen LogP contribution in [0.1, 0.15) is 57.7 Å². The summed E-state index contributed by atoms with van der Waals surface area (Å²) in [5, 5.41) is 18.6. The van der Waals surface area contributed by atoms with Gasteiger partial charge in [0.25, 0.3) is 0 Å². The highest BCUT2D eigenvalue weighted by atomic mass is 16.3. The lowest BCUT2D eigenvalue weighted by molar-refractivity contribution is 0.0671. The molecular formula is C19H25N5O. The molecule has 132 valence electrons. The van der Waals surface area contributed by atoms with Gasteiger partial charge in [-0.25, -0.2) is 4.98 Å². The molecule has 0 amide bonds. The van der Waals surface area contributed by atoms with E-state index in [1.807, 2.05) is 26.1 Å². The Kier molecular flexibility index (Phi) is 4.07. The number of hydrogen-bond acceptors (Lipinski definition) is 4. The Labute approximate surface area is 147 Å². The molecule has 0 radical (unpaired) electrons. The zero-order valence-electron chi connectivity index (χ0n) is 14.8. The Balaban J connectivity index is 1.51. The van der Waals surface area contributed by atoms with Crippen LogP contribution in [0.4, 0.5) is 0 Å². The summed E-state index contributed by atoms with van der Waals surface area (Å²) in [6.07, 6.45) is 13.6. The Morgan fingerprint density at radius 3 is 2.92 bits per heavy atom. The topological polar surface area (TPSA) is 79.1 Å². The number of nitrogens with zero attached hydrogens (tertiary/aromatic N) is 4. The summed E-state index contributed by atoms with van der Waals surface area (Å²) < 4.78 is 2.11. The number of aromatic amines is 1. The first-order valence-corrected chi connectivity index (χ1v) is 9.09. The van der Waals surface area contributed by atoms with Crippen molar-refractivity contribution in [3.63, 3.8) is 0 Å². The minimum absolute atomic E-state index is 0.293. The van der Waals surface area contributed by atoms with Crippen molar-refractivity contribution < 1.29 is 5.11 Å². The Morgan fingerprint density at radius 2 is 2.16 bits per heavy atom. The average molecular weight is 339 g/mol. The average Bonchev–Trinajstić information content (AvgIpc) is 3.20. The fourth-order valence-corrected chi connectivity index (χ4v) is 3.77. The van der Waals surface area contributed by atoms with Gasteiger partial charge in [-0.3, -0.25) is 4.40 Å². The summed E-state index contributed by atoms with van der Waals surface area (Å²) in [4.78, 5) is 7.52. The molecule has 2 atom stereocenters. The van der Waals surface area contributed by atoms with Crippen LogP contribution in [0.15, 0.2) is 30.6 Å². The molecule has 6 heteroatoms. The van der Waals surface area contributed by atoms with E-state index in [9.17, 15) is 5.11 Å². The molecule has 2 N–H and O–H groups in total. The van der Waals surface area contributed by atoms with Crippen LogP contribution in [0.5, 0.6) is 0 Å². The maximum absolute atomic E-state index is 9.84. The van der Waals surface area contributed by atoms with Crippen molar-refractivity contribution >= 4 is 16.8 Å². The van der Waals surface area contributed by atoms with Crippen LogP contribution in [0.2, 0.25) is 0 Å². The second kappa shape index (κ2) is 6.26. The number of fused-ring (bicyclic) bond motifs is 3. The van der Waals surface area contributed by atoms with E-state index in [2.05, 4.69) is 36.7 Å². The van der Waals surface area contributed by atoms with Crippen LogP contribution in [0, 0.1) is 5.92 Å². The fraction of sp³-hybridized carbons (Fsp3) is 0.526. The molecule has 1 aliphatic rings. The van der Waals surface area contributed by atoms with Crippen molar-refractivity contribution in [2.75, 3.05) is 0 Å². The summed E-state index contributed by atoms with van der Waals surface area (Å²) in [5.41, 5.74) is 2.12. The molecule has 3 aromatic rings. The first kappa shape index (κ1) is 16.3. The van der Waals surface area contributed by atoms with Crippen LogP contribution in [-0.2, 0) is 0 Å². The quantitative estimate of drug-likeness (QED) is 0.696. The summed E-state index contributed by atoms with van der Waals surface area (Å²) >= 11 is 0. The van der Waals surface area contributed by atoms with Crippen molar-refractivity contribution in [2.24, 2.45) is 5.92 Å². The highest BCUT2D eigenvalue weighted by Crippen LogP contribution is 2.33. The van der Waals surface area contributed by atoms with Gasteiger partial charge >= 0.3 is 0 Å². The Hall–Kier alpha value is -2.21. The van der Waals surface area contributed by atoms with Crippen LogP contribution >= 0.6 is 0 Å². The number of hydrogen-bond donors (Lipinski definition) is 2. The lowest BCUT2D eigenvalue weighted by Crippen LogP contribution is -2.18. The summed E-state index contributed by atoms with van der Waals surface area (Å²) in [7, 11) is 0. The molecule has 6 nitrogen and oxygen atoms in total. The minimum Gasteiger partial charge on any atom is -0.390 e. The monoisotopic (exact) mass is 339 g/mol. The molecule has 0 saturated heterocycles. The van der Waals surface area contributed by atoms with Gasteiger partial charge in [0.2, 0.25) is 0 Å². The Bertz CT molecular complexity index is 901. The van der Waals surface area contributed by atoms with E-state index in [0.717, 1.165) is 54.7 Å². The third-order valence-electron chi connectivity index (χ3n) is 5.13. The van der Waals surface area contributed by atoms with Gasteiger partial charge in [0.05, 0.1) is 17.3 Å². The summed E-state index contributed by atoms with van der Waals surface area (Å²) in [6.45, 7) is 3.76. The van der Waals surface area contributed by atoms with Crippen LogP contribution in [-0.4, -0.2) is 35.3 Å². The van der Waals surface area contributed by atoms with Gasteiger partial charge < -0.3 is 10.1 Å². The van der Waals surface area contributed by atoms with Gasteiger partial charge in [-0.15, -0.1) is 10.2 Å². The molecule has 0 aliphatic heterocycles. The van der Waals surface area contributed by atoms with E-state index in [4.69, 9.17) is 0 Å². The fourth-order valence-electron chi connectivity index (χ4n) is 3.77. The van der Waals surface area contributed by atoms with Gasteiger partial charge in [0.1, 0.15) is 5.82 Å². The first-order chi connectivity index (χ1) is 12.0. The second-order valence-corrected chi connectivity index (χ2v) is 7.76. The van der Waals surface area contributed by atoms with Crippen molar-refractivity contribution in [2.45, 2.75) is 57.5 Å². The van der Waals surface area contributed by atoms with E-state index in [-0.39, 0.29) is 0 Å². The van der Waals surface area contributed by atoms with Crippen molar-refractivity contribution in [3.8, 4) is 0 Å². The molecular weight excluding hydrogens is 314 g/mol. The van der Waals surface area contributed by atoms with Gasteiger partial charge in [-0.05, 0) is 51.5 Å². The molecule has 4 rings (SSSR count). The number of aliphatic hydroxyl groups is 1. The molecule has 0 spiro atoms. The molecule has 0 fully saturated rings. The standard InChI is InChI=1S/C19H25N5O/c1-19(2,25)10-3-4-13-5-7-14(8-6-13)18-23-22-16-12-21-17-15(24(16)18)9-11-20-17/h5,7,9,11-14,20,25H,3-4,6,8,10H2,1-2H3. The SMILES string of the molecule is CC(C)(O)CCCC1C=CC(c2nnc3cnc4[nH]ccc4n23)CC1. The number of aromatic nitrogens is 5. The Morgan fingerprint density at radius 1 is 1.28 bits per heavy atom. The van der Waals surface area contributed by atoms with Gasteiger partial charge in [0, 0.05) is 12.1 Å². The van der Waals surface area contributed by atoms with Gasteiger partial charge in [-0.1, -0.05) is 18.6 Å². The molecule has 3 aromatic heterocycles. The van der Waals surface area contributed by atoms with Crippen molar-refractivity contribution in [3.05, 3.63) is 36.4 Å². The smallest absolute Gasteiger partial charge is 0.179 e. The van der Waals surface area contributed by atoms with Crippen molar-refractivity contribution in [1.82, 2.24) is 24.6 Å². The second-order valence-electron chi connectivity index (χ2n) is 7.76.